The smallest absolute Gasteiger partial charge is 0.253 e. The van der Waals surface area contributed by atoms with E-state index in [1.165, 1.54) is 5.56 Å². The van der Waals surface area contributed by atoms with Crippen molar-refractivity contribution in [3.05, 3.63) is 60.2 Å². The molecule has 0 unspecified atom stereocenters. The van der Waals surface area contributed by atoms with Crippen LogP contribution < -0.4 is 0 Å². The van der Waals surface area contributed by atoms with Crippen LogP contribution in [0, 0.1) is 5.92 Å². The lowest BCUT2D eigenvalue weighted by atomic mass is 9.99. The van der Waals surface area contributed by atoms with Crippen molar-refractivity contribution in [2.75, 3.05) is 13.1 Å². The van der Waals surface area contributed by atoms with E-state index in [0.717, 1.165) is 42.5 Å². The molecule has 23 heavy (non-hydrogen) atoms. The van der Waals surface area contributed by atoms with E-state index in [4.69, 9.17) is 0 Å². The Hall–Kier alpha value is -2.69. The fourth-order valence-corrected chi connectivity index (χ4v) is 3.29. The van der Waals surface area contributed by atoms with E-state index in [1.807, 2.05) is 23.4 Å². The first-order valence-electron chi connectivity index (χ1n) is 7.91. The SMILES string of the molecule is O=C(c1ccncc1)N1CC[C@@H](Cc2cnc3[nH]ccc3c2)C1. The van der Waals surface area contributed by atoms with Crippen molar-refractivity contribution in [3.8, 4) is 0 Å². The highest BCUT2D eigenvalue weighted by molar-refractivity contribution is 5.94. The average Bonchev–Trinajstić information content (AvgIpc) is 3.24. The molecule has 5 heteroatoms. The molecule has 0 spiro atoms. The van der Waals surface area contributed by atoms with Crippen molar-refractivity contribution in [1.29, 1.82) is 0 Å². The predicted octanol–water partition coefficient (Wildman–Crippen LogP) is 2.66. The number of hydrogen-bond acceptors (Lipinski definition) is 3. The van der Waals surface area contributed by atoms with Crippen molar-refractivity contribution in [2.24, 2.45) is 5.92 Å². The number of carbonyl (C=O) groups is 1. The molecular formula is C18H18N4O. The van der Waals surface area contributed by atoms with E-state index in [9.17, 15) is 4.79 Å². The Balaban J connectivity index is 1.43. The van der Waals surface area contributed by atoms with Crippen molar-refractivity contribution in [3.63, 3.8) is 0 Å². The normalized spacial score (nSPS) is 17.7. The van der Waals surface area contributed by atoms with Crippen LogP contribution in [0.15, 0.2) is 49.1 Å². The molecule has 1 atom stereocenters. The third-order valence-electron chi connectivity index (χ3n) is 4.48. The molecule has 0 aliphatic carbocycles. The lowest BCUT2D eigenvalue weighted by Crippen LogP contribution is -2.28. The summed E-state index contributed by atoms with van der Waals surface area (Å²) in [6.07, 6.45) is 9.19. The Labute approximate surface area is 134 Å². The van der Waals surface area contributed by atoms with E-state index in [0.29, 0.717) is 5.92 Å². The van der Waals surface area contributed by atoms with Gasteiger partial charge < -0.3 is 9.88 Å². The van der Waals surface area contributed by atoms with Crippen LogP contribution in [0.3, 0.4) is 0 Å². The molecule has 0 radical (unpaired) electrons. The molecule has 0 saturated carbocycles. The summed E-state index contributed by atoms with van der Waals surface area (Å²) in [4.78, 5) is 25.9. The van der Waals surface area contributed by atoms with E-state index in [-0.39, 0.29) is 5.91 Å². The molecule has 1 N–H and O–H groups in total. The van der Waals surface area contributed by atoms with Gasteiger partial charge in [0.05, 0.1) is 0 Å². The maximum Gasteiger partial charge on any atom is 0.253 e. The summed E-state index contributed by atoms with van der Waals surface area (Å²) in [5.74, 6) is 0.605. The number of aromatic nitrogens is 3. The number of aromatic amines is 1. The van der Waals surface area contributed by atoms with Crippen LogP contribution in [0.4, 0.5) is 0 Å². The second-order valence-electron chi connectivity index (χ2n) is 6.10. The molecule has 0 bridgehead atoms. The van der Waals surface area contributed by atoms with E-state index in [1.54, 1.807) is 24.5 Å². The Morgan fingerprint density at radius 2 is 2.17 bits per heavy atom. The number of pyridine rings is 2. The van der Waals surface area contributed by atoms with E-state index < -0.39 is 0 Å². The maximum absolute atomic E-state index is 12.5. The summed E-state index contributed by atoms with van der Waals surface area (Å²) >= 11 is 0. The number of nitrogens with zero attached hydrogens (tertiary/aromatic N) is 3. The summed E-state index contributed by atoms with van der Waals surface area (Å²) in [5.41, 5.74) is 2.88. The number of fused-ring (bicyclic) bond motifs is 1. The summed E-state index contributed by atoms with van der Waals surface area (Å²) in [5, 5.41) is 1.14. The molecule has 3 aromatic heterocycles. The fourth-order valence-electron chi connectivity index (χ4n) is 3.29. The Kier molecular flexibility index (Phi) is 3.54. The van der Waals surface area contributed by atoms with Gasteiger partial charge in [-0.2, -0.15) is 0 Å². The lowest BCUT2D eigenvalue weighted by molar-refractivity contribution is 0.0787. The van der Waals surface area contributed by atoms with Crippen LogP contribution in [0.5, 0.6) is 0 Å². The van der Waals surface area contributed by atoms with Gasteiger partial charge in [0.2, 0.25) is 0 Å². The average molecular weight is 306 g/mol. The molecule has 4 heterocycles. The van der Waals surface area contributed by atoms with Crippen LogP contribution >= 0.6 is 0 Å². The number of amides is 1. The molecule has 3 aromatic rings. The quantitative estimate of drug-likeness (QED) is 0.809. The number of H-pyrrole nitrogens is 1. The fraction of sp³-hybridized carbons (Fsp3) is 0.278. The molecule has 1 saturated heterocycles. The lowest BCUT2D eigenvalue weighted by Gasteiger charge is -2.16. The first-order valence-corrected chi connectivity index (χ1v) is 7.91. The third-order valence-corrected chi connectivity index (χ3v) is 4.48. The molecule has 1 fully saturated rings. The monoisotopic (exact) mass is 306 g/mol. The van der Waals surface area contributed by atoms with Crippen molar-refractivity contribution < 1.29 is 4.79 Å². The topological polar surface area (TPSA) is 61.9 Å². The standard InChI is InChI=1S/C18H18N4O/c23-18(15-1-5-19-6-2-15)22-8-4-13(12-22)9-14-10-16-3-7-20-17(16)21-11-14/h1-3,5-7,10-11,13H,4,8-9,12H2,(H,20,21)/t13-/m0/s1. The zero-order valence-corrected chi connectivity index (χ0v) is 12.8. The summed E-state index contributed by atoms with van der Waals surface area (Å²) in [6.45, 7) is 1.64. The number of carbonyl (C=O) groups excluding carboxylic acids is 1. The van der Waals surface area contributed by atoms with Crippen LogP contribution in [-0.2, 0) is 6.42 Å². The van der Waals surface area contributed by atoms with Crippen LogP contribution in [-0.4, -0.2) is 38.8 Å². The zero-order valence-electron chi connectivity index (χ0n) is 12.8. The van der Waals surface area contributed by atoms with Crippen molar-refractivity contribution in [2.45, 2.75) is 12.8 Å². The van der Waals surface area contributed by atoms with Gasteiger partial charge >= 0.3 is 0 Å². The van der Waals surface area contributed by atoms with Crippen molar-refractivity contribution >= 4 is 16.9 Å². The van der Waals surface area contributed by atoms with Crippen molar-refractivity contribution in [1.82, 2.24) is 19.9 Å². The summed E-state index contributed by atoms with van der Waals surface area (Å²) in [7, 11) is 0. The van der Waals surface area contributed by atoms with E-state index >= 15 is 0 Å². The Bertz CT molecular complexity index is 827. The predicted molar refractivity (Wildman–Crippen MR) is 88.0 cm³/mol. The van der Waals surface area contributed by atoms with Gasteiger partial charge in [-0.25, -0.2) is 4.98 Å². The molecule has 1 aliphatic heterocycles. The van der Waals surface area contributed by atoms with E-state index in [2.05, 4.69) is 21.0 Å². The summed E-state index contributed by atoms with van der Waals surface area (Å²) in [6, 6.07) is 7.78. The largest absolute Gasteiger partial charge is 0.346 e. The highest BCUT2D eigenvalue weighted by Crippen LogP contribution is 2.23. The highest BCUT2D eigenvalue weighted by Gasteiger charge is 2.27. The van der Waals surface area contributed by atoms with Gasteiger partial charge in [0.25, 0.3) is 5.91 Å². The molecule has 116 valence electrons. The second-order valence-corrected chi connectivity index (χ2v) is 6.10. The van der Waals surface area contributed by atoms with Crippen LogP contribution in [0.1, 0.15) is 22.3 Å². The van der Waals surface area contributed by atoms with Gasteiger partial charge in [-0.05, 0) is 48.6 Å². The van der Waals surface area contributed by atoms with Crippen LogP contribution in [0.2, 0.25) is 0 Å². The van der Waals surface area contributed by atoms with Gasteiger partial charge in [0.1, 0.15) is 5.65 Å². The Morgan fingerprint density at radius 3 is 3.04 bits per heavy atom. The van der Waals surface area contributed by atoms with Gasteiger partial charge in [-0.1, -0.05) is 0 Å². The minimum atomic E-state index is 0.106. The zero-order chi connectivity index (χ0) is 15.6. The molecule has 5 nitrogen and oxygen atoms in total. The number of rotatable bonds is 3. The molecule has 1 aliphatic rings. The highest BCUT2D eigenvalue weighted by atomic mass is 16.2. The minimum Gasteiger partial charge on any atom is -0.346 e. The first kappa shape index (κ1) is 13.9. The molecule has 0 aromatic carbocycles. The second kappa shape index (κ2) is 5.83. The van der Waals surface area contributed by atoms with Crippen LogP contribution in [0.25, 0.3) is 11.0 Å². The minimum absolute atomic E-state index is 0.106. The summed E-state index contributed by atoms with van der Waals surface area (Å²) < 4.78 is 0. The van der Waals surface area contributed by atoms with Gasteiger partial charge in [0.15, 0.2) is 0 Å². The maximum atomic E-state index is 12.5. The Morgan fingerprint density at radius 1 is 1.30 bits per heavy atom. The molecular weight excluding hydrogens is 288 g/mol. The van der Waals surface area contributed by atoms with Gasteiger partial charge in [-0.3, -0.25) is 9.78 Å². The third kappa shape index (κ3) is 2.82. The molecule has 4 rings (SSSR count). The first-order chi connectivity index (χ1) is 11.3. The number of hydrogen-bond donors (Lipinski definition) is 1. The van der Waals surface area contributed by atoms with Gasteiger partial charge in [0, 0.05) is 48.8 Å². The number of nitrogens with one attached hydrogen (secondary N) is 1. The van der Waals surface area contributed by atoms with Gasteiger partial charge in [-0.15, -0.1) is 0 Å². The molecule has 1 amide bonds. The number of likely N-dealkylation sites (tertiary alicyclic amines) is 1.